The van der Waals surface area contributed by atoms with Gasteiger partial charge in [-0.25, -0.2) is 0 Å². The maximum atomic E-state index is 3.17. The molecule has 0 aliphatic carbocycles. The van der Waals surface area contributed by atoms with E-state index in [1.54, 1.807) is 0 Å². The summed E-state index contributed by atoms with van der Waals surface area (Å²) in [6.07, 6.45) is 0. The van der Waals surface area contributed by atoms with Gasteiger partial charge in [-0.05, 0) is 39.8 Å². The lowest BCUT2D eigenvalue weighted by Gasteiger charge is -2.34. The zero-order valence-corrected chi connectivity index (χ0v) is 17.0. The smallest absolute Gasteiger partial charge is 0.101 e. The van der Waals surface area contributed by atoms with Crippen LogP contribution in [0.25, 0.3) is 0 Å². The molecule has 0 saturated carbocycles. The highest BCUT2D eigenvalue weighted by atomic mass is 28.3. The Morgan fingerprint density at radius 2 is 0.821 bits per heavy atom. The second-order valence-corrected chi connectivity index (χ2v) is 10.6. The van der Waals surface area contributed by atoms with E-state index in [1.807, 2.05) is 6.92 Å². The van der Waals surface area contributed by atoms with Crippen LogP contribution in [0.5, 0.6) is 0 Å². The number of rotatable bonds is 4. The summed E-state index contributed by atoms with van der Waals surface area (Å²) in [5, 5.41) is 5.54. The molecule has 0 radical (unpaired) electrons. The van der Waals surface area contributed by atoms with E-state index in [-0.39, 0.29) is 0 Å². The fraction of sp³-hybridized carbons (Fsp3) is 0.0370. The fourth-order valence-corrected chi connectivity index (χ4v) is 8.76. The van der Waals surface area contributed by atoms with Crippen molar-refractivity contribution in [1.29, 1.82) is 0 Å². The molecule has 28 heavy (non-hydrogen) atoms. The number of hydrogen-bond acceptors (Lipinski definition) is 0. The van der Waals surface area contributed by atoms with Crippen molar-refractivity contribution in [1.82, 2.24) is 0 Å². The molecule has 0 N–H and O–H groups in total. The first-order chi connectivity index (χ1) is 13.9. The minimum Gasteiger partial charge on any atom is -0.101 e. The highest BCUT2D eigenvalue weighted by molar-refractivity contribution is 7.19. The van der Waals surface area contributed by atoms with Crippen LogP contribution in [0.4, 0.5) is 0 Å². The van der Waals surface area contributed by atoms with E-state index >= 15 is 0 Å². The molecule has 0 amide bonds. The van der Waals surface area contributed by atoms with E-state index in [2.05, 4.69) is 127 Å². The molecule has 4 aromatic rings. The molecule has 4 rings (SSSR count). The molecule has 0 atom stereocenters. The van der Waals surface area contributed by atoms with Crippen molar-refractivity contribution in [2.75, 3.05) is 0 Å². The third-order valence-electron chi connectivity index (χ3n) is 5.21. The Morgan fingerprint density at radius 3 is 1.18 bits per heavy atom. The average molecular weight is 375 g/mol. The highest BCUT2D eigenvalue weighted by Gasteiger charge is 2.41. The summed E-state index contributed by atoms with van der Waals surface area (Å²) < 4.78 is 0. The molecular weight excluding hydrogens is 352 g/mol. The van der Waals surface area contributed by atoms with Crippen LogP contribution in [0.2, 0.25) is 0 Å². The zero-order valence-electron chi connectivity index (χ0n) is 16.0. The summed E-state index contributed by atoms with van der Waals surface area (Å²) in [5.41, 5.74) is 1.06. The third-order valence-corrected chi connectivity index (χ3v) is 10.0. The Balaban J connectivity index is 2.08. The molecule has 4 aromatic carbocycles. The van der Waals surface area contributed by atoms with Gasteiger partial charge >= 0.3 is 0 Å². The van der Waals surface area contributed by atoms with Crippen molar-refractivity contribution in [3.8, 4) is 11.8 Å². The van der Waals surface area contributed by atoms with Crippen LogP contribution >= 0.6 is 0 Å². The minimum atomic E-state index is -2.39. The molecule has 0 bridgehead atoms. The first-order valence-corrected chi connectivity index (χ1v) is 11.6. The van der Waals surface area contributed by atoms with Gasteiger partial charge in [-0.2, -0.15) is 0 Å². The van der Waals surface area contributed by atoms with Crippen molar-refractivity contribution in [3.63, 3.8) is 0 Å². The average Bonchev–Trinajstić information content (AvgIpc) is 2.78. The quantitative estimate of drug-likeness (QED) is 0.292. The SMILES string of the molecule is CC#Cc1ccc([Si](c2ccccc2)(c2ccccc2)c2ccccc2)cc1. The van der Waals surface area contributed by atoms with E-state index in [9.17, 15) is 0 Å². The second kappa shape index (κ2) is 8.13. The number of hydrogen-bond donors (Lipinski definition) is 0. The molecular formula is C27H22Si. The van der Waals surface area contributed by atoms with Gasteiger partial charge in [0.1, 0.15) is 0 Å². The molecule has 0 spiro atoms. The van der Waals surface area contributed by atoms with E-state index in [0.29, 0.717) is 0 Å². The van der Waals surface area contributed by atoms with E-state index in [0.717, 1.165) is 5.56 Å². The van der Waals surface area contributed by atoms with Crippen molar-refractivity contribution < 1.29 is 0 Å². The molecule has 0 aliphatic heterocycles. The highest BCUT2D eigenvalue weighted by Crippen LogP contribution is 2.10. The maximum absolute atomic E-state index is 3.17. The summed E-state index contributed by atoms with van der Waals surface area (Å²) in [7, 11) is -2.39. The first-order valence-electron chi connectivity index (χ1n) is 9.55. The second-order valence-electron chi connectivity index (χ2n) is 6.80. The van der Waals surface area contributed by atoms with E-state index in [4.69, 9.17) is 0 Å². The predicted octanol–water partition coefficient (Wildman–Crippen LogP) is 3.44. The molecule has 0 fully saturated rings. The Hall–Kier alpha value is -3.34. The largest absolute Gasteiger partial charge is 0.179 e. The molecule has 1 heteroatoms. The van der Waals surface area contributed by atoms with Crippen molar-refractivity contribution in [2.24, 2.45) is 0 Å². The maximum Gasteiger partial charge on any atom is 0.179 e. The van der Waals surface area contributed by atoms with Gasteiger partial charge in [-0.15, -0.1) is 5.92 Å². The zero-order chi connectivity index (χ0) is 19.2. The van der Waals surface area contributed by atoms with Crippen LogP contribution in [0, 0.1) is 11.8 Å². The summed E-state index contributed by atoms with van der Waals surface area (Å²) >= 11 is 0. The van der Waals surface area contributed by atoms with Crippen molar-refractivity contribution >= 4 is 28.8 Å². The lowest BCUT2D eigenvalue weighted by Crippen LogP contribution is -2.74. The lowest BCUT2D eigenvalue weighted by atomic mass is 10.2. The minimum absolute atomic E-state index is 1.06. The van der Waals surface area contributed by atoms with Gasteiger partial charge < -0.3 is 0 Å². The predicted molar refractivity (Wildman–Crippen MR) is 123 cm³/mol. The van der Waals surface area contributed by atoms with Gasteiger partial charge in [0.2, 0.25) is 0 Å². The van der Waals surface area contributed by atoms with E-state index in [1.165, 1.54) is 20.7 Å². The number of benzene rings is 4. The summed E-state index contributed by atoms with van der Waals surface area (Å²) in [5.74, 6) is 6.17. The van der Waals surface area contributed by atoms with Crippen LogP contribution in [-0.4, -0.2) is 8.07 Å². The van der Waals surface area contributed by atoms with Gasteiger partial charge in [-0.3, -0.25) is 0 Å². The Bertz CT molecular complexity index is 990. The van der Waals surface area contributed by atoms with E-state index < -0.39 is 8.07 Å². The fourth-order valence-electron chi connectivity index (χ4n) is 4.01. The Morgan fingerprint density at radius 1 is 0.464 bits per heavy atom. The molecule has 0 heterocycles. The normalized spacial score (nSPS) is 10.8. The lowest BCUT2D eigenvalue weighted by molar-refractivity contribution is 1.64. The summed E-state index contributed by atoms with van der Waals surface area (Å²) in [6.45, 7) is 1.88. The summed E-state index contributed by atoms with van der Waals surface area (Å²) in [4.78, 5) is 0. The van der Waals surface area contributed by atoms with Crippen LogP contribution in [0.3, 0.4) is 0 Å². The topological polar surface area (TPSA) is 0 Å². The van der Waals surface area contributed by atoms with Crippen LogP contribution in [-0.2, 0) is 0 Å². The van der Waals surface area contributed by atoms with Gasteiger partial charge in [0.15, 0.2) is 8.07 Å². The van der Waals surface area contributed by atoms with Gasteiger partial charge in [0.05, 0.1) is 0 Å². The van der Waals surface area contributed by atoms with Crippen LogP contribution in [0.15, 0.2) is 115 Å². The third kappa shape index (κ3) is 3.20. The van der Waals surface area contributed by atoms with Gasteiger partial charge in [0.25, 0.3) is 0 Å². The molecule has 134 valence electrons. The van der Waals surface area contributed by atoms with Crippen LogP contribution in [0.1, 0.15) is 12.5 Å². The van der Waals surface area contributed by atoms with Gasteiger partial charge in [-0.1, -0.05) is 109 Å². The molecule has 0 saturated heterocycles. The molecule has 0 nitrogen and oxygen atoms in total. The Labute approximate surface area is 168 Å². The van der Waals surface area contributed by atoms with Gasteiger partial charge in [0, 0.05) is 5.56 Å². The van der Waals surface area contributed by atoms with Crippen molar-refractivity contribution in [3.05, 3.63) is 121 Å². The molecule has 0 aromatic heterocycles. The summed E-state index contributed by atoms with van der Waals surface area (Å²) in [6, 6.07) is 41.8. The molecule has 0 aliphatic rings. The standard InChI is InChI=1S/C27H22Si/c1-2-12-23-19-21-27(22-20-23)28(24-13-6-3-7-14-24,25-15-8-4-9-16-25)26-17-10-5-11-18-26/h3-11,13-22H,1H3. The first kappa shape index (κ1) is 18.0. The Kier molecular flexibility index (Phi) is 5.24. The monoisotopic (exact) mass is 374 g/mol. The van der Waals surface area contributed by atoms with Crippen LogP contribution < -0.4 is 20.7 Å². The molecule has 0 unspecified atom stereocenters. The van der Waals surface area contributed by atoms with Crippen molar-refractivity contribution in [2.45, 2.75) is 6.92 Å².